The average molecular weight is 427 g/mol. The maximum absolute atomic E-state index is 14.1. The lowest BCUT2D eigenvalue weighted by atomic mass is 9.91. The number of amides is 2. The normalized spacial score (nSPS) is 17.5. The van der Waals surface area contributed by atoms with Gasteiger partial charge in [-0.1, -0.05) is 12.1 Å². The van der Waals surface area contributed by atoms with E-state index in [0.29, 0.717) is 43.9 Å². The van der Waals surface area contributed by atoms with E-state index in [9.17, 15) is 14.0 Å². The van der Waals surface area contributed by atoms with Crippen molar-refractivity contribution in [3.8, 4) is 0 Å². The van der Waals surface area contributed by atoms with Gasteiger partial charge in [0.1, 0.15) is 29.7 Å². The number of ether oxygens (including phenoxy) is 1. The number of pyridine rings is 1. The molecule has 3 N–H and O–H groups in total. The molecule has 10 heteroatoms. The zero-order valence-corrected chi connectivity index (χ0v) is 16.7. The number of nitrogens with one attached hydrogen (secondary N) is 2. The molecule has 3 heterocycles. The monoisotopic (exact) mass is 427 g/mol. The van der Waals surface area contributed by atoms with Crippen molar-refractivity contribution in [1.29, 1.82) is 5.41 Å². The number of carbonyl (C=O) groups is 2. The van der Waals surface area contributed by atoms with Gasteiger partial charge in [-0.25, -0.2) is 14.2 Å². The Bertz CT molecular complexity index is 1010. The third-order valence-corrected chi connectivity index (χ3v) is 5.56. The molecule has 4 rings (SSSR count). The minimum atomic E-state index is -0.692. The van der Waals surface area contributed by atoms with Crippen molar-refractivity contribution in [2.75, 3.05) is 36.0 Å². The number of amidine groups is 1. The molecular formula is C21H22FN5O4. The largest absolute Gasteiger partial charge is 0.440 e. The first-order valence-corrected chi connectivity index (χ1v) is 9.86. The Kier molecular flexibility index (Phi) is 5.55. The van der Waals surface area contributed by atoms with Gasteiger partial charge in [-0.2, -0.15) is 0 Å². The maximum atomic E-state index is 14.1. The molecule has 0 atom stereocenters. The molecule has 2 aliphatic rings. The van der Waals surface area contributed by atoms with Gasteiger partial charge in [0.2, 0.25) is 0 Å². The van der Waals surface area contributed by atoms with Gasteiger partial charge in [0.25, 0.3) is 5.91 Å². The van der Waals surface area contributed by atoms with E-state index in [4.69, 9.17) is 15.3 Å². The van der Waals surface area contributed by atoms with E-state index in [0.717, 1.165) is 0 Å². The fraction of sp³-hybridized carbons (Fsp3) is 0.333. The number of aromatic nitrogens is 1. The lowest BCUT2D eigenvalue weighted by Gasteiger charge is -2.38. The van der Waals surface area contributed by atoms with Crippen molar-refractivity contribution in [2.24, 2.45) is 0 Å². The van der Waals surface area contributed by atoms with Gasteiger partial charge < -0.3 is 20.1 Å². The Labute approximate surface area is 177 Å². The predicted octanol–water partition coefficient (Wildman–Crippen LogP) is 1.65. The summed E-state index contributed by atoms with van der Waals surface area (Å²) in [6.45, 7) is 0.809. The number of rotatable bonds is 4. The van der Waals surface area contributed by atoms with Crippen LogP contribution in [0.3, 0.4) is 0 Å². The van der Waals surface area contributed by atoms with Crippen LogP contribution in [0.5, 0.6) is 0 Å². The number of aliphatic hydroxyl groups excluding tert-OH is 1. The molecule has 2 aromatic rings. The third-order valence-electron chi connectivity index (χ3n) is 5.56. The van der Waals surface area contributed by atoms with E-state index in [1.807, 2.05) is 4.90 Å². The molecule has 0 saturated carbocycles. The van der Waals surface area contributed by atoms with Crippen LogP contribution in [0.15, 0.2) is 42.6 Å². The van der Waals surface area contributed by atoms with Crippen LogP contribution >= 0.6 is 0 Å². The predicted molar refractivity (Wildman–Crippen MR) is 111 cm³/mol. The summed E-state index contributed by atoms with van der Waals surface area (Å²) < 4.78 is 19.8. The number of hydrogen-bond acceptors (Lipinski definition) is 7. The fourth-order valence-electron chi connectivity index (χ4n) is 3.86. The Balaban J connectivity index is 1.39. The molecule has 1 aromatic heterocycles. The molecule has 0 bridgehead atoms. The van der Waals surface area contributed by atoms with Crippen molar-refractivity contribution >= 4 is 29.3 Å². The maximum Gasteiger partial charge on any atom is 0.415 e. The highest BCUT2D eigenvalue weighted by atomic mass is 19.1. The van der Waals surface area contributed by atoms with E-state index in [1.54, 1.807) is 30.3 Å². The summed E-state index contributed by atoms with van der Waals surface area (Å²) in [5, 5.41) is 18.9. The number of aliphatic hydroxyl groups is 1. The minimum Gasteiger partial charge on any atom is -0.440 e. The third kappa shape index (κ3) is 4.19. The second-order valence-electron chi connectivity index (χ2n) is 7.56. The molecule has 0 aliphatic carbocycles. The van der Waals surface area contributed by atoms with Gasteiger partial charge in [0.15, 0.2) is 0 Å². The van der Waals surface area contributed by atoms with Gasteiger partial charge in [-0.05, 0) is 24.3 Å². The van der Waals surface area contributed by atoms with Crippen LogP contribution < -0.4 is 15.1 Å². The molecule has 2 aliphatic heterocycles. The number of hydrogen-bond donors (Lipinski definition) is 3. The first-order valence-electron chi connectivity index (χ1n) is 9.86. The molecule has 2 fully saturated rings. The molecule has 0 radical (unpaired) electrons. The topological polar surface area (TPSA) is 119 Å². The van der Waals surface area contributed by atoms with Crippen LogP contribution in [0.25, 0.3) is 0 Å². The van der Waals surface area contributed by atoms with Gasteiger partial charge in [-0.15, -0.1) is 0 Å². The SMILES string of the molecule is N=C(NC(=O)CO)c1ccc(N2CCC3(CC2)CN(c2ccccc2F)C(=O)O3)nc1. The number of anilines is 2. The summed E-state index contributed by atoms with van der Waals surface area (Å²) in [5.74, 6) is -0.554. The quantitative estimate of drug-likeness (QED) is 0.504. The number of nitrogens with zero attached hydrogens (tertiary/aromatic N) is 3. The lowest BCUT2D eigenvalue weighted by Crippen LogP contribution is -2.47. The van der Waals surface area contributed by atoms with Gasteiger partial charge in [0.05, 0.1) is 12.2 Å². The number of benzene rings is 1. The van der Waals surface area contributed by atoms with Gasteiger partial charge in [-0.3, -0.25) is 15.1 Å². The molecule has 0 unspecified atom stereocenters. The van der Waals surface area contributed by atoms with Crippen LogP contribution in [-0.2, 0) is 9.53 Å². The summed E-state index contributed by atoms with van der Waals surface area (Å²) in [6, 6.07) is 9.57. The number of halogens is 1. The number of carbonyl (C=O) groups excluding carboxylic acids is 2. The Morgan fingerprint density at radius 2 is 2.00 bits per heavy atom. The van der Waals surface area contributed by atoms with Gasteiger partial charge >= 0.3 is 6.09 Å². The minimum absolute atomic E-state index is 0.137. The van der Waals surface area contributed by atoms with E-state index < -0.39 is 30.0 Å². The van der Waals surface area contributed by atoms with Crippen LogP contribution in [0.4, 0.5) is 20.7 Å². The Morgan fingerprint density at radius 1 is 1.26 bits per heavy atom. The first-order chi connectivity index (χ1) is 14.9. The Morgan fingerprint density at radius 3 is 2.65 bits per heavy atom. The van der Waals surface area contributed by atoms with Crippen molar-refractivity contribution < 1.29 is 23.8 Å². The standard InChI is InChI=1S/C21H22FN5O4/c22-15-3-1-2-4-16(15)27-13-21(31-20(27)30)7-9-26(10-8-21)17-6-5-14(11-24-17)19(23)25-18(29)12-28/h1-6,11,28H,7-10,12-13H2,(H2,23,25,29). The highest BCUT2D eigenvalue weighted by Crippen LogP contribution is 2.37. The van der Waals surface area contributed by atoms with Crippen LogP contribution in [0, 0.1) is 11.2 Å². The number of piperidine rings is 1. The van der Waals surface area contributed by atoms with Crippen LogP contribution in [0.2, 0.25) is 0 Å². The summed E-state index contributed by atoms with van der Waals surface area (Å²) >= 11 is 0. The molecule has 9 nitrogen and oxygen atoms in total. The summed E-state index contributed by atoms with van der Waals surface area (Å²) in [4.78, 5) is 31.4. The summed E-state index contributed by atoms with van der Waals surface area (Å²) in [7, 11) is 0. The second kappa shape index (κ2) is 8.31. The first kappa shape index (κ1) is 20.7. The smallest absolute Gasteiger partial charge is 0.415 e. The average Bonchev–Trinajstić information content (AvgIpc) is 3.10. The molecule has 31 heavy (non-hydrogen) atoms. The van der Waals surface area contributed by atoms with E-state index in [2.05, 4.69) is 10.3 Å². The van der Waals surface area contributed by atoms with Crippen LogP contribution in [0.1, 0.15) is 18.4 Å². The Hall–Kier alpha value is -3.53. The molecular weight excluding hydrogens is 405 g/mol. The fourth-order valence-corrected chi connectivity index (χ4v) is 3.86. The van der Waals surface area contributed by atoms with Crippen molar-refractivity contribution in [1.82, 2.24) is 10.3 Å². The van der Waals surface area contributed by atoms with Crippen molar-refractivity contribution in [3.63, 3.8) is 0 Å². The summed E-state index contributed by atoms with van der Waals surface area (Å²) in [5.41, 5.74) is -0.0175. The highest BCUT2D eigenvalue weighted by molar-refractivity contribution is 6.06. The lowest BCUT2D eigenvalue weighted by molar-refractivity contribution is -0.122. The molecule has 162 valence electrons. The van der Waals surface area contributed by atoms with Crippen molar-refractivity contribution in [3.05, 3.63) is 54.0 Å². The van der Waals surface area contributed by atoms with Crippen LogP contribution in [-0.4, -0.2) is 59.8 Å². The summed E-state index contributed by atoms with van der Waals surface area (Å²) in [6.07, 6.45) is 2.10. The second-order valence-corrected chi connectivity index (χ2v) is 7.56. The van der Waals surface area contributed by atoms with E-state index in [1.165, 1.54) is 17.2 Å². The van der Waals surface area contributed by atoms with Crippen molar-refractivity contribution in [2.45, 2.75) is 18.4 Å². The zero-order valence-electron chi connectivity index (χ0n) is 16.7. The zero-order chi connectivity index (χ0) is 22.0. The molecule has 1 aromatic carbocycles. The highest BCUT2D eigenvalue weighted by Gasteiger charge is 2.48. The van der Waals surface area contributed by atoms with Gasteiger partial charge in [0, 0.05) is 37.7 Å². The molecule has 1 spiro atoms. The molecule has 2 saturated heterocycles. The van der Waals surface area contributed by atoms with E-state index in [-0.39, 0.29) is 11.5 Å². The number of para-hydroxylation sites is 1. The molecule has 2 amide bonds. The van der Waals surface area contributed by atoms with E-state index >= 15 is 0 Å².